The Morgan fingerprint density at radius 1 is 1.08 bits per heavy atom. The number of hydrogen-bond acceptors (Lipinski definition) is 8. The van der Waals surface area contributed by atoms with Crippen LogP contribution in [0.1, 0.15) is 42.3 Å². The van der Waals surface area contributed by atoms with Crippen LogP contribution in [0.25, 0.3) is 0 Å². The highest BCUT2D eigenvalue weighted by atomic mass is 16.6. The molecule has 1 aliphatic heterocycles. The molecule has 0 bridgehead atoms. The molecule has 0 spiro atoms. The van der Waals surface area contributed by atoms with Crippen molar-refractivity contribution in [1.29, 1.82) is 0 Å². The van der Waals surface area contributed by atoms with Gasteiger partial charge in [-0.2, -0.15) is 0 Å². The van der Waals surface area contributed by atoms with Crippen LogP contribution in [-0.4, -0.2) is 67.3 Å². The van der Waals surface area contributed by atoms with Crippen LogP contribution in [0.3, 0.4) is 0 Å². The van der Waals surface area contributed by atoms with Crippen molar-refractivity contribution in [2.75, 3.05) is 26.8 Å². The van der Waals surface area contributed by atoms with Gasteiger partial charge < -0.3 is 29.2 Å². The normalized spacial score (nSPS) is 13.7. The minimum Gasteiger partial charge on any atom is -0.482 e. The molecule has 0 radical (unpaired) electrons. The Morgan fingerprint density at radius 3 is 2.49 bits per heavy atom. The zero-order valence-corrected chi connectivity index (χ0v) is 21.4. The van der Waals surface area contributed by atoms with Crippen molar-refractivity contribution in [2.24, 2.45) is 0 Å². The van der Waals surface area contributed by atoms with Gasteiger partial charge >= 0.3 is 18.0 Å². The fraction of sp³-hybridized carbons (Fsp3) is 0.407. The van der Waals surface area contributed by atoms with E-state index in [9.17, 15) is 19.2 Å². The van der Waals surface area contributed by atoms with E-state index in [-0.39, 0.29) is 25.7 Å². The molecule has 10 heteroatoms. The summed E-state index contributed by atoms with van der Waals surface area (Å²) in [5, 5.41) is 2.55. The van der Waals surface area contributed by atoms with Gasteiger partial charge in [-0.25, -0.2) is 14.4 Å². The minimum atomic E-state index is -1.13. The highest BCUT2D eigenvalue weighted by Gasteiger charge is 2.33. The van der Waals surface area contributed by atoms with E-state index in [1.165, 1.54) is 12.0 Å². The molecule has 0 saturated carbocycles. The predicted octanol–water partition coefficient (Wildman–Crippen LogP) is 2.87. The Morgan fingerprint density at radius 2 is 1.81 bits per heavy atom. The molecule has 10 nitrogen and oxygen atoms in total. The van der Waals surface area contributed by atoms with E-state index in [2.05, 4.69) is 10.1 Å². The third kappa shape index (κ3) is 8.23. The van der Waals surface area contributed by atoms with E-state index in [4.69, 9.17) is 14.2 Å². The summed E-state index contributed by atoms with van der Waals surface area (Å²) in [7, 11) is 1.27. The predicted molar refractivity (Wildman–Crippen MR) is 133 cm³/mol. The molecule has 2 amide bonds. The Balaban J connectivity index is 1.68. The number of hydrogen-bond donors (Lipinski definition) is 1. The highest BCUT2D eigenvalue weighted by Crippen LogP contribution is 2.24. The molecule has 2 aromatic carbocycles. The molecule has 0 fully saturated rings. The van der Waals surface area contributed by atoms with Gasteiger partial charge in [0.15, 0.2) is 6.61 Å². The average Bonchev–Trinajstić information content (AvgIpc) is 2.86. The van der Waals surface area contributed by atoms with Crippen molar-refractivity contribution in [1.82, 2.24) is 10.2 Å². The summed E-state index contributed by atoms with van der Waals surface area (Å²) in [5.41, 5.74) is 1.22. The molecule has 0 aromatic heterocycles. The number of nitrogens with zero attached hydrogens (tertiary/aromatic N) is 1. The van der Waals surface area contributed by atoms with E-state index in [0.717, 1.165) is 11.1 Å². The summed E-state index contributed by atoms with van der Waals surface area (Å²) in [6.07, 6.45) is -0.298. The lowest BCUT2D eigenvalue weighted by Gasteiger charge is -2.32. The van der Waals surface area contributed by atoms with Crippen LogP contribution in [0.4, 0.5) is 4.79 Å². The van der Waals surface area contributed by atoms with Crippen LogP contribution in [0, 0.1) is 0 Å². The maximum atomic E-state index is 13.2. The van der Waals surface area contributed by atoms with Gasteiger partial charge in [0.2, 0.25) is 0 Å². The number of carbonyl (C=O) groups is 4. The van der Waals surface area contributed by atoms with Crippen molar-refractivity contribution in [3.05, 3.63) is 65.2 Å². The second-order valence-electron chi connectivity index (χ2n) is 9.48. The molecule has 1 N–H and O–H groups in total. The number of amides is 2. The minimum absolute atomic E-state index is 0.0319. The molecule has 1 aliphatic rings. The third-order valence-corrected chi connectivity index (χ3v) is 5.43. The van der Waals surface area contributed by atoms with E-state index in [0.29, 0.717) is 24.3 Å². The summed E-state index contributed by atoms with van der Waals surface area (Å²) in [5.74, 6) is -1.04. The zero-order chi connectivity index (χ0) is 27.0. The van der Waals surface area contributed by atoms with Gasteiger partial charge in [0.25, 0.3) is 5.91 Å². The number of methoxy groups -OCH3 is 1. The summed E-state index contributed by atoms with van der Waals surface area (Å²) in [6.45, 7) is 5.18. The number of ether oxygens (including phenoxy) is 4. The van der Waals surface area contributed by atoms with Gasteiger partial charge in [0, 0.05) is 12.1 Å². The fourth-order valence-electron chi connectivity index (χ4n) is 3.66. The number of fused-ring (bicyclic) bond motifs is 1. The highest BCUT2D eigenvalue weighted by molar-refractivity contribution is 5.97. The van der Waals surface area contributed by atoms with Gasteiger partial charge in [-0.3, -0.25) is 4.79 Å². The van der Waals surface area contributed by atoms with Gasteiger partial charge in [0.05, 0.1) is 13.7 Å². The average molecular weight is 513 g/mol. The maximum absolute atomic E-state index is 13.2. The Hall–Kier alpha value is -4.08. The van der Waals surface area contributed by atoms with Crippen LogP contribution in [0.5, 0.6) is 5.75 Å². The molecule has 3 rings (SSSR count). The molecule has 1 heterocycles. The van der Waals surface area contributed by atoms with Crippen LogP contribution in [0.15, 0.2) is 48.5 Å². The van der Waals surface area contributed by atoms with E-state index >= 15 is 0 Å². The van der Waals surface area contributed by atoms with Gasteiger partial charge in [-0.1, -0.05) is 30.3 Å². The fourth-order valence-corrected chi connectivity index (χ4v) is 3.66. The Bertz CT molecular complexity index is 1130. The monoisotopic (exact) mass is 512 g/mol. The lowest BCUT2D eigenvalue weighted by molar-refractivity contribution is -0.157. The number of alkyl carbamates (subject to hydrolysis) is 1. The quantitative estimate of drug-likeness (QED) is 0.402. The lowest BCUT2D eigenvalue weighted by Crippen LogP contribution is -2.53. The van der Waals surface area contributed by atoms with Gasteiger partial charge in [-0.05, 0) is 56.5 Å². The lowest BCUT2D eigenvalue weighted by atomic mass is 9.98. The number of rotatable bonds is 9. The first-order valence-corrected chi connectivity index (χ1v) is 11.9. The molecular weight excluding hydrogens is 480 g/mol. The summed E-state index contributed by atoms with van der Waals surface area (Å²) >= 11 is 0. The first-order chi connectivity index (χ1) is 17.6. The van der Waals surface area contributed by atoms with Crippen molar-refractivity contribution >= 4 is 23.9 Å². The Kier molecular flexibility index (Phi) is 9.10. The Labute approximate surface area is 215 Å². The van der Waals surface area contributed by atoms with Gasteiger partial charge in [0.1, 0.15) is 24.0 Å². The molecule has 0 saturated heterocycles. The summed E-state index contributed by atoms with van der Waals surface area (Å²) in [4.78, 5) is 51.4. The van der Waals surface area contributed by atoms with Crippen molar-refractivity contribution in [2.45, 2.75) is 45.4 Å². The van der Waals surface area contributed by atoms with Crippen molar-refractivity contribution < 1.29 is 38.1 Å². The topological polar surface area (TPSA) is 120 Å². The van der Waals surface area contributed by atoms with Crippen molar-refractivity contribution in [3.63, 3.8) is 0 Å². The SMILES string of the molecule is COC(=O)COc1ccc2c(c1)CCN(CC(NC(=O)OCc1ccccc1)C(=O)OC(C)(C)C)C2=O. The first-order valence-electron chi connectivity index (χ1n) is 11.9. The second kappa shape index (κ2) is 12.2. The molecule has 37 heavy (non-hydrogen) atoms. The van der Waals surface area contributed by atoms with Crippen LogP contribution < -0.4 is 10.1 Å². The number of esters is 2. The second-order valence-corrected chi connectivity index (χ2v) is 9.48. The first kappa shape index (κ1) is 27.5. The smallest absolute Gasteiger partial charge is 0.408 e. The van der Waals surface area contributed by atoms with E-state index in [1.807, 2.05) is 30.3 Å². The van der Waals surface area contributed by atoms with Crippen LogP contribution >= 0.6 is 0 Å². The van der Waals surface area contributed by atoms with E-state index in [1.54, 1.807) is 39.0 Å². The molecule has 1 atom stereocenters. The van der Waals surface area contributed by atoms with E-state index < -0.39 is 29.7 Å². The van der Waals surface area contributed by atoms with Crippen LogP contribution in [-0.2, 0) is 36.8 Å². The summed E-state index contributed by atoms with van der Waals surface area (Å²) in [6, 6.07) is 12.9. The molecule has 1 unspecified atom stereocenters. The molecule has 198 valence electrons. The standard InChI is InChI=1S/C27H32N2O8/c1-27(2,3)37-25(32)22(28-26(33)36-16-18-8-6-5-7-9-18)15-29-13-12-19-14-20(35-17-23(30)34-4)10-11-21(19)24(29)31/h5-11,14,22H,12-13,15-17H2,1-4H3,(H,28,33). The number of benzene rings is 2. The maximum Gasteiger partial charge on any atom is 0.408 e. The van der Waals surface area contributed by atoms with Crippen molar-refractivity contribution in [3.8, 4) is 5.75 Å². The largest absolute Gasteiger partial charge is 0.482 e. The zero-order valence-electron chi connectivity index (χ0n) is 21.4. The molecule has 2 aromatic rings. The van der Waals surface area contributed by atoms with Crippen LogP contribution in [0.2, 0.25) is 0 Å². The molecular formula is C27H32N2O8. The molecule has 0 aliphatic carbocycles. The number of carbonyl (C=O) groups excluding carboxylic acids is 4. The van der Waals surface area contributed by atoms with Gasteiger partial charge in [-0.15, -0.1) is 0 Å². The summed E-state index contributed by atoms with van der Waals surface area (Å²) < 4.78 is 20.7. The number of nitrogens with one attached hydrogen (secondary N) is 1. The third-order valence-electron chi connectivity index (χ3n) is 5.43.